The van der Waals surface area contributed by atoms with Crippen LogP contribution in [-0.2, 0) is 11.2 Å². The van der Waals surface area contributed by atoms with Crippen molar-refractivity contribution in [2.75, 3.05) is 5.32 Å². The van der Waals surface area contributed by atoms with E-state index in [0.29, 0.717) is 15.9 Å². The minimum Gasteiger partial charge on any atom is -0.324 e. The first kappa shape index (κ1) is 21.5. The first-order valence-corrected chi connectivity index (χ1v) is 11.7. The maximum atomic E-state index is 13.4. The molecule has 31 heavy (non-hydrogen) atoms. The van der Waals surface area contributed by atoms with E-state index in [4.69, 9.17) is 0 Å². The van der Waals surface area contributed by atoms with Gasteiger partial charge in [-0.05, 0) is 55.7 Å². The first-order valence-electron chi connectivity index (χ1n) is 10.0. The Bertz CT molecular complexity index is 1310. The van der Waals surface area contributed by atoms with Gasteiger partial charge in [-0.3, -0.25) is 14.2 Å². The van der Waals surface area contributed by atoms with Gasteiger partial charge >= 0.3 is 0 Å². The molecule has 2 aromatic carbocycles. The number of nitrogens with zero attached hydrogens (tertiary/aromatic N) is 2. The zero-order valence-electron chi connectivity index (χ0n) is 17.5. The number of benzene rings is 2. The number of hydrogen-bond donors (Lipinski definition) is 1. The second-order valence-electron chi connectivity index (χ2n) is 7.39. The Morgan fingerprint density at radius 2 is 1.84 bits per heavy atom. The number of anilines is 1. The molecule has 7 heteroatoms. The first-order chi connectivity index (χ1) is 14.9. The van der Waals surface area contributed by atoms with Crippen LogP contribution in [0, 0.1) is 6.92 Å². The molecule has 0 saturated heterocycles. The molecule has 1 amide bonds. The number of carbonyl (C=O) groups is 1. The smallest absolute Gasteiger partial charge is 0.263 e. The Morgan fingerprint density at radius 1 is 1.16 bits per heavy atom. The largest absolute Gasteiger partial charge is 0.324 e. The number of fused-ring (bicyclic) bond motifs is 1. The topological polar surface area (TPSA) is 64.0 Å². The van der Waals surface area contributed by atoms with Crippen LogP contribution < -0.4 is 10.9 Å². The summed E-state index contributed by atoms with van der Waals surface area (Å²) >= 11 is 4.94. The molecule has 0 aliphatic rings. The Labute approximate surface area is 192 Å². The van der Waals surface area contributed by atoms with Gasteiger partial charge in [0.1, 0.15) is 10.9 Å². The Balaban J connectivity index is 1.71. The van der Waals surface area contributed by atoms with Crippen LogP contribution in [0.25, 0.3) is 21.3 Å². The highest BCUT2D eigenvalue weighted by molar-refractivity contribution is 9.10. The Morgan fingerprint density at radius 3 is 2.48 bits per heavy atom. The van der Waals surface area contributed by atoms with Crippen molar-refractivity contribution in [2.24, 2.45) is 0 Å². The third kappa shape index (κ3) is 4.20. The molecule has 0 aliphatic heterocycles. The van der Waals surface area contributed by atoms with Gasteiger partial charge in [-0.2, -0.15) is 0 Å². The number of halogens is 1. The second-order valence-corrected chi connectivity index (χ2v) is 9.51. The monoisotopic (exact) mass is 495 g/mol. The molecule has 4 aromatic rings. The van der Waals surface area contributed by atoms with Crippen molar-refractivity contribution < 1.29 is 4.79 Å². The van der Waals surface area contributed by atoms with Crippen molar-refractivity contribution in [1.82, 2.24) is 9.55 Å². The van der Waals surface area contributed by atoms with E-state index in [9.17, 15) is 9.59 Å². The fourth-order valence-electron chi connectivity index (χ4n) is 3.55. The van der Waals surface area contributed by atoms with E-state index >= 15 is 0 Å². The standard InChI is InChI=1S/C24H22BrN3O2S/c1-4-16-5-11-19(12-6-16)27-22(29)14(2)28-13-26-23-21(24(28)30)20(15(3)31-23)17-7-9-18(25)10-8-17/h5-14H,4H2,1-3H3,(H,27,29). The molecular weight excluding hydrogens is 474 g/mol. The molecule has 0 aliphatic carbocycles. The van der Waals surface area contributed by atoms with E-state index in [1.165, 1.54) is 27.8 Å². The summed E-state index contributed by atoms with van der Waals surface area (Å²) in [5.41, 5.74) is 3.53. The molecule has 1 atom stereocenters. The summed E-state index contributed by atoms with van der Waals surface area (Å²) in [6.45, 7) is 5.78. The summed E-state index contributed by atoms with van der Waals surface area (Å²) in [7, 11) is 0. The molecular formula is C24H22BrN3O2S. The van der Waals surface area contributed by atoms with Crippen molar-refractivity contribution in [1.29, 1.82) is 0 Å². The summed E-state index contributed by atoms with van der Waals surface area (Å²) in [5.74, 6) is -0.260. The highest BCUT2D eigenvalue weighted by Gasteiger charge is 2.22. The van der Waals surface area contributed by atoms with Gasteiger partial charge in [0.15, 0.2) is 0 Å². The average Bonchev–Trinajstić information content (AvgIpc) is 3.11. The summed E-state index contributed by atoms with van der Waals surface area (Å²) in [4.78, 5) is 32.5. The van der Waals surface area contributed by atoms with Gasteiger partial charge in [0.05, 0.1) is 11.7 Å². The lowest BCUT2D eigenvalue weighted by molar-refractivity contribution is -0.118. The van der Waals surface area contributed by atoms with Crippen LogP contribution >= 0.6 is 27.3 Å². The summed E-state index contributed by atoms with van der Waals surface area (Å²) in [6.07, 6.45) is 2.41. The molecule has 4 rings (SSSR count). The van der Waals surface area contributed by atoms with Gasteiger partial charge < -0.3 is 5.32 Å². The van der Waals surface area contributed by atoms with E-state index in [2.05, 4.69) is 33.2 Å². The van der Waals surface area contributed by atoms with Crippen molar-refractivity contribution in [3.8, 4) is 11.1 Å². The number of aryl methyl sites for hydroxylation is 2. The van der Waals surface area contributed by atoms with Crippen molar-refractivity contribution in [3.05, 3.63) is 80.1 Å². The third-order valence-electron chi connectivity index (χ3n) is 5.37. The average molecular weight is 496 g/mol. The van der Waals surface area contributed by atoms with E-state index in [0.717, 1.165) is 26.9 Å². The fraction of sp³-hybridized carbons (Fsp3) is 0.208. The number of thiophene rings is 1. The maximum absolute atomic E-state index is 13.4. The number of nitrogens with one attached hydrogen (secondary N) is 1. The predicted octanol–water partition coefficient (Wildman–Crippen LogP) is 5.96. The Kier molecular flexibility index (Phi) is 6.07. The zero-order chi connectivity index (χ0) is 22.1. The SMILES string of the molecule is CCc1ccc(NC(=O)C(C)n2cnc3sc(C)c(-c4ccc(Br)cc4)c3c2=O)cc1. The molecule has 1 unspecified atom stereocenters. The van der Waals surface area contributed by atoms with Crippen LogP contribution in [0.2, 0.25) is 0 Å². The van der Waals surface area contributed by atoms with Crippen LogP contribution in [0.15, 0.2) is 64.1 Å². The van der Waals surface area contributed by atoms with E-state index in [1.54, 1.807) is 6.92 Å². The summed E-state index contributed by atoms with van der Waals surface area (Å²) in [6, 6.07) is 14.9. The highest BCUT2D eigenvalue weighted by atomic mass is 79.9. The molecule has 5 nitrogen and oxygen atoms in total. The molecule has 2 heterocycles. The minimum absolute atomic E-state index is 0.212. The van der Waals surface area contributed by atoms with Gasteiger partial charge in [-0.1, -0.05) is 47.1 Å². The van der Waals surface area contributed by atoms with Crippen LogP contribution in [0.3, 0.4) is 0 Å². The summed E-state index contributed by atoms with van der Waals surface area (Å²) in [5, 5.41) is 3.45. The lowest BCUT2D eigenvalue weighted by Gasteiger charge is -2.15. The van der Waals surface area contributed by atoms with E-state index in [-0.39, 0.29) is 11.5 Å². The third-order valence-corrected chi connectivity index (χ3v) is 6.91. The molecule has 0 fully saturated rings. The van der Waals surface area contributed by atoms with Gasteiger partial charge in [0, 0.05) is 20.6 Å². The summed E-state index contributed by atoms with van der Waals surface area (Å²) < 4.78 is 2.38. The molecule has 1 N–H and O–H groups in total. The van der Waals surface area contributed by atoms with Crippen molar-refractivity contribution in [3.63, 3.8) is 0 Å². The van der Waals surface area contributed by atoms with Crippen LogP contribution in [0.5, 0.6) is 0 Å². The molecule has 0 bridgehead atoms. The van der Waals surface area contributed by atoms with Gasteiger partial charge in [0.25, 0.3) is 5.56 Å². The predicted molar refractivity (Wildman–Crippen MR) is 131 cm³/mol. The lowest BCUT2D eigenvalue weighted by atomic mass is 10.0. The number of hydrogen-bond acceptors (Lipinski definition) is 4. The molecule has 158 valence electrons. The van der Waals surface area contributed by atoms with Crippen molar-refractivity contribution >= 4 is 49.1 Å². The van der Waals surface area contributed by atoms with E-state index < -0.39 is 6.04 Å². The fourth-order valence-corrected chi connectivity index (χ4v) is 4.82. The number of amides is 1. The molecule has 0 spiro atoms. The zero-order valence-corrected chi connectivity index (χ0v) is 19.9. The van der Waals surface area contributed by atoms with Crippen LogP contribution in [0.1, 0.15) is 30.3 Å². The number of carbonyl (C=O) groups excluding carboxylic acids is 1. The molecule has 2 aromatic heterocycles. The molecule has 0 radical (unpaired) electrons. The number of rotatable bonds is 5. The van der Waals surface area contributed by atoms with Gasteiger partial charge in [-0.25, -0.2) is 4.98 Å². The van der Waals surface area contributed by atoms with Crippen molar-refractivity contribution in [2.45, 2.75) is 33.2 Å². The normalized spacial score (nSPS) is 12.1. The Hall–Kier alpha value is -2.77. The molecule has 0 saturated carbocycles. The second kappa shape index (κ2) is 8.77. The maximum Gasteiger partial charge on any atom is 0.263 e. The lowest BCUT2D eigenvalue weighted by Crippen LogP contribution is -2.31. The van der Waals surface area contributed by atoms with Gasteiger partial charge in [-0.15, -0.1) is 11.3 Å². The minimum atomic E-state index is -0.701. The van der Waals surface area contributed by atoms with Crippen LogP contribution in [0.4, 0.5) is 5.69 Å². The van der Waals surface area contributed by atoms with Crippen LogP contribution in [-0.4, -0.2) is 15.5 Å². The highest BCUT2D eigenvalue weighted by Crippen LogP contribution is 2.36. The number of aromatic nitrogens is 2. The van der Waals surface area contributed by atoms with E-state index in [1.807, 2.05) is 55.5 Å². The quantitative estimate of drug-likeness (QED) is 0.371. The van der Waals surface area contributed by atoms with Gasteiger partial charge in [0.2, 0.25) is 5.91 Å².